The van der Waals surface area contributed by atoms with Crippen LogP contribution in [-0.4, -0.2) is 34.4 Å². The molecular formula is C15H19ClN4O2. The number of ether oxygens (including phenoxy) is 1. The lowest BCUT2D eigenvalue weighted by molar-refractivity contribution is -0.124. The Balaban J connectivity index is 0.00000176. The molecule has 2 aromatic rings. The lowest BCUT2D eigenvalue weighted by Crippen LogP contribution is -2.54. The Kier molecular flexibility index (Phi) is 5.18. The second-order valence-electron chi connectivity index (χ2n) is 5.22. The second kappa shape index (κ2) is 6.91. The number of nitrogens with two attached hydrogens (primary N) is 1. The van der Waals surface area contributed by atoms with Gasteiger partial charge < -0.3 is 15.8 Å². The second-order valence-corrected chi connectivity index (χ2v) is 5.22. The Morgan fingerprint density at radius 2 is 2.09 bits per heavy atom. The van der Waals surface area contributed by atoms with E-state index in [0.717, 1.165) is 5.69 Å². The van der Waals surface area contributed by atoms with Crippen LogP contribution in [0.25, 0.3) is 5.69 Å². The Morgan fingerprint density at radius 1 is 1.32 bits per heavy atom. The van der Waals surface area contributed by atoms with Gasteiger partial charge in [0.2, 0.25) is 5.91 Å². The van der Waals surface area contributed by atoms with Crippen LogP contribution in [0, 0.1) is 0 Å². The summed E-state index contributed by atoms with van der Waals surface area (Å²) >= 11 is 0. The molecule has 2 heterocycles. The summed E-state index contributed by atoms with van der Waals surface area (Å²) in [6.45, 7) is 1.05. The summed E-state index contributed by atoms with van der Waals surface area (Å²) in [5, 5.41) is 7.07. The lowest BCUT2D eigenvalue weighted by Gasteiger charge is -2.31. The zero-order valence-corrected chi connectivity index (χ0v) is 12.9. The molecule has 3 rings (SSSR count). The number of benzene rings is 1. The number of carbonyl (C=O) groups excluding carboxylic acids is 1. The molecule has 118 valence electrons. The molecule has 1 aliphatic heterocycles. The van der Waals surface area contributed by atoms with Gasteiger partial charge in [-0.05, 0) is 37.1 Å². The van der Waals surface area contributed by atoms with Crippen LogP contribution >= 0.6 is 12.4 Å². The average molecular weight is 323 g/mol. The number of hydrogen-bond donors (Lipinski definition) is 2. The number of nitrogens with zero attached hydrogens (tertiary/aromatic N) is 2. The Bertz CT molecular complexity index is 624. The molecule has 0 atom stereocenters. The first-order valence-electron chi connectivity index (χ1n) is 6.96. The van der Waals surface area contributed by atoms with Crippen LogP contribution in [-0.2, 0) is 9.53 Å². The predicted molar refractivity (Wildman–Crippen MR) is 86.4 cm³/mol. The molecule has 6 nitrogen and oxygen atoms in total. The topological polar surface area (TPSA) is 82.2 Å². The van der Waals surface area contributed by atoms with Crippen molar-refractivity contribution in [3.8, 4) is 5.69 Å². The summed E-state index contributed by atoms with van der Waals surface area (Å²) < 4.78 is 7.00. The first-order chi connectivity index (χ1) is 10.2. The van der Waals surface area contributed by atoms with Gasteiger partial charge in [-0.25, -0.2) is 4.68 Å². The molecule has 22 heavy (non-hydrogen) atoms. The molecule has 1 saturated heterocycles. The number of rotatable bonds is 3. The zero-order chi connectivity index (χ0) is 14.7. The highest BCUT2D eigenvalue weighted by Gasteiger charge is 2.35. The van der Waals surface area contributed by atoms with E-state index >= 15 is 0 Å². The highest BCUT2D eigenvalue weighted by Crippen LogP contribution is 2.21. The van der Waals surface area contributed by atoms with Crippen molar-refractivity contribution in [2.45, 2.75) is 18.4 Å². The van der Waals surface area contributed by atoms with Gasteiger partial charge in [0, 0.05) is 31.3 Å². The van der Waals surface area contributed by atoms with Gasteiger partial charge in [-0.3, -0.25) is 4.79 Å². The van der Waals surface area contributed by atoms with E-state index in [9.17, 15) is 4.79 Å². The van der Waals surface area contributed by atoms with Crippen LogP contribution in [0.2, 0.25) is 0 Å². The molecule has 0 spiro atoms. The van der Waals surface area contributed by atoms with Crippen LogP contribution in [0.3, 0.4) is 0 Å². The summed E-state index contributed by atoms with van der Waals surface area (Å²) in [5.74, 6) is -0.164. The van der Waals surface area contributed by atoms with Crippen molar-refractivity contribution in [1.29, 1.82) is 0 Å². The Labute approximate surface area is 135 Å². The van der Waals surface area contributed by atoms with Gasteiger partial charge >= 0.3 is 0 Å². The van der Waals surface area contributed by atoms with Gasteiger partial charge in [0.05, 0.1) is 5.69 Å². The fourth-order valence-corrected chi connectivity index (χ4v) is 2.37. The molecule has 0 aliphatic carbocycles. The Hall–Kier alpha value is -1.89. The summed E-state index contributed by atoms with van der Waals surface area (Å²) in [4.78, 5) is 12.4. The molecule has 0 radical (unpaired) electrons. The minimum Gasteiger partial charge on any atom is -0.381 e. The van der Waals surface area contributed by atoms with Crippen LogP contribution in [0.4, 0.5) is 5.69 Å². The molecule has 1 aliphatic rings. The van der Waals surface area contributed by atoms with E-state index in [1.54, 1.807) is 10.9 Å². The molecular weight excluding hydrogens is 304 g/mol. The molecule has 0 saturated carbocycles. The van der Waals surface area contributed by atoms with Gasteiger partial charge in [-0.15, -0.1) is 12.4 Å². The number of aromatic nitrogens is 2. The normalized spacial score (nSPS) is 16.6. The number of carbonyl (C=O) groups is 1. The summed E-state index contributed by atoms with van der Waals surface area (Å²) in [7, 11) is 0. The molecule has 1 aromatic carbocycles. The predicted octanol–water partition coefficient (Wildman–Crippen LogP) is 1.74. The van der Waals surface area contributed by atoms with Gasteiger partial charge in [-0.2, -0.15) is 5.10 Å². The highest BCUT2D eigenvalue weighted by atomic mass is 35.5. The molecule has 3 N–H and O–H groups in total. The van der Waals surface area contributed by atoms with Gasteiger partial charge in [-0.1, -0.05) is 6.07 Å². The highest BCUT2D eigenvalue weighted by molar-refractivity contribution is 5.98. The maximum Gasteiger partial charge on any atom is 0.244 e. The van der Waals surface area contributed by atoms with Crippen molar-refractivity contribution in [1.82, 2.24) is 9.78 Å². The monoisotopic (exact) mass is 322 g/mol. The third kappa shape index (κ3) is 3.47. The summed E-state index contributed by atoms with van der Waals surface area (Å²) in [6.07, 6.45) is 4.64. The van der Waals surface area contributed by atoms with Crippen molar-refractivity contribution < 1.29 is 9.53 Å². The quantitative estimate of drug-likeness (QED) is 0.901. The van der Waals surface area contributed by atoms with Crippen molar-refractivity contribution in [3.05, 3.63) is 42.7 Å². The van der Waals surface area contributed by atoms with Crippen molar-refractivity contribution in [2.24, 2.45) is 5.73 Å². The third-order valence-electron chi connectivity index (χ3n) is 3.71. The number of amides is 1. The minimum absolute atomic E-state index is 0. The van der Waals surface area contributed by atoms with E-state index in [0.29, 0.717) is 31.7 Å². The van der Waals surface area contributed by atoms with E-state index in [-0.39, 0.29) is 18.3 Å². The number of halogens is 1. The van der Waals surface area contributed by atoms with Crippen LogP contribution < -0.4 is 11.1 Å². The maximum atomic E-state index is 12.4. The van der Waals surface area contributed by atoms with Crippen molar-refractivity contribution in [3.63, 3.8) is 0 Å². The first-order valence-corrected chi connectivity index (χ1v) is 6.96. The van der Waals surface area contributed by atoms with Crippen LogP contribution in [0.1, 0.15) is 12.8 Å². The van der Waals surface area contributed by atoms with Crippen molar-refractivity contribution in [2.75, 3.05) is 18.5 Å². The average Bonchev–Trinajstić information content (AvgIpc) is 3.02. The van der Waals surface area contributed by atoms with Crippen LogP contribution in [0.5, 0.6) is 0 Å². The van der Waals surface area contributed by atoms with Gasteiger partial charge in [0.1, 0.15) is 5.54 Å². The maximum absolute atomic E-state index is 12.4. The van der Waals surface area contributed by atoms with E-state index in [2.05, 4.69) is 10.4 Å². The summed E-state index contributed by atoms with van der Waals surface area (Å²) in [5.41, 5.74) is 6.92. The van der Waals surface area contributed by atoms with Crippen molar-refractivity contribution >= 4 is 24.0 Å². The van der Waals surface area contributed by atoms with E-state index in [1.165, 1.54) is 0 Å². The summed E-state index contributed by atoms with van der Waals surface area (Å²) in [6, 6.07) is 9.36. The molecule has 1 aromatic heterocycles. The van der Waals surface area contributed by atoms with E-state index in [1.807, 2.05) is 36.5 Å². The van der Waals surface area contributed by atoms with Gasteiger partial charge in [0.25, 0.3) is 0 Å². The third-order valence-corrected chi connectivity index (χ3v) is 3.71. The van der Waals surface area contributed by atoms with Gasteiger partial charge in [0.15, 0.2) is 0 Å². The SMILES string of the molecule is Cl.NC1(C(=O)Nc2cccc(-n3cccn3)c2)CCOCC1. The van der Waals surface area contributed by atoms with E-state index < -0.39 is 5.54 Å². The molecule has 1 amide bonds. The standard InChI is InChI=1S/C15H18N4O2.ClH/c16-15(5-9-21-10-6-15)14(20)18-12-3-1-4-13(11-12)19-8-2-7-17-19;/h1-4,7-8,11H,5-6,9-10,16H2,(H,18,20);1H. The molecule has 1 fully saturated rings. The smallest absolute Gasteiger partial charge is 0.244 e. The molecule has 7 heteroatoms. The van der Waals surface area contributed by atoms with E-state index in [4.69, 9.17) is 10.5 Å². The lowest BCUT2D eigenvalue weighted by atomic mass is 9.90. The fourth-order valence-electron chi connectivity index (χ4n) is 2.37. The number of hydrogen-bond acceptors (Lipinski definition) is 4. The number of nitrogens with one attached hydrogen (secondary N) is 1. The first kappa shape index (κ1) is 16.5. The fraction of sp³-hybridized carbons (Fsp3) is 0.333. The number of anilines is 1. The Morgan fingerprint density at radius 3 is 2.77 bits per heavy atom. The zero-order valence-electron chi connectivity index (χ0n) is 12.1. The molecule has 0 unspecified atom stereocenters. The largest absolute Gasteiger partial charge is 0.381 e. The molecule has 0 bridgehead atoms. The van der Waals surface area contributed by atoms with Crippen LogP contribution in [0.15, 0.2) is 42.7 Å². The minimum atomic E-state index is -0.847.